The molecule has 1 aliphatic rings. The van der Waals surface area contributed by atoms with E-state index >= 15 is 0 Å². The number of rotatable bonds is 1. The van der Waals surface area contributed by atoms with E-state index in [4.69, 9.17) is 0 Å². The van der Waals surface area contributed by atoms with Gasteiger partial charge in [0.15, 0.2) is 0 Å². The third-order valence-electron chi connectivity index (χ3n) is 2.70. The molecule has 84 valence electrons. The van der Waals surface area contributed by atoms with Crippen molar-refractivity contribution in [2.24, 2.45) is 0 Å². The fourth-order valence-electron chi connectivity index (χ4n) is 1.94. The largest absolute Gasteiger partial charge is 0.508 e. The Morgan fingerprint density at radius 2 is 2.00 bits per heavy atom. The van der Waals surface area contributed by atoms with Crippen molar-refractivity contribution in [2.75, 3.05) is 6.54 Å². The molecule has 2 rings (SSSR count). The van der Waals surface area contributed by atoms with Gasteiger partial charge in [-0.05, 0) is 37.6 Å². The third kappa shape index (κ3) is 2.76. The smallest absolute Gasteiger partial charge is 0.120 e. The molecule has 1 fully saturated rings. The number of aromatic hydroxyl groups is 2. The predicted octanol–water partition coefficient (Wildman–Crippen LogP) is 2.33. The zero-order valence-corrected chi connectivity index (χ0v) is 9.26. The van der Waals surface area contributed by atoms with Crippen LogP contribution >= 0.6 is 12.4 Å². The van der Waals surface area contributed by atoms with Crippen LogP contribution in [0.15, 0.2) is 18.2 Å². The first-order valence-electron chi connectivity index (χ1n) is 5.02. The van der Waals surface area contributed by atoms with Crippen LogP contribution in [0, 0.1) is 0 Å². The fourth-order valence-corrected chi connectivity index (χ4v) is 1.94. The summed E-state index contributed by atoms with van der Waals surface area (Å²) in [6.45, 7) is 0.986. The Bertz CT molecular complexity index is 324. The number of nitrogens with one attached hydrogen (secondary N) is 1. The van der Waals surface area contributed by atoms with Crippen molar-refractivity contribution in [1.29, 1.82) is 0 Å². The first kappa shape index (κ1) is 12.1. The lowest BCUT2D eigenvalue weighted by Crippen LogP contribution is -2.26. The molecule has 3 nitrogen and oxygen atoms in total. The molecule has 0 unspecified atom stereocenters. The van der Waals surface area contributed by atoms with Crippen LogP contribution in [0.3, 0.4) is 0 Å². The molecule has 1 heterocycles. The minimum Gasteiger partial charge on any atom is -0.508 e. The van der Waals surface area contributed by atoms with Crippen molar-refractivity contribution in [3.8, 4) is 11.5 Å². The van der Waals surface area contributed by atoms with Crippen molar-refractivity contribution >= 4 is 12.4 Å². The highest BCUT2D eigenvalue weighted by Crippen LogP contribution is 2.32. The average molecular weight is 230 g/mol. The summed E-state index contributed by atoms with van der Waals surface area (Å²) >= 11 is 0. The van der Waals surface area contributed by atoms with Crippen LogP contribution in [-0.4, -0.2) is 16.8 Å². The van der Waals surface area contributed by atoms with Crippen molar-refractivity contribution < 1.29 is 10.2 Å². The van der Waals surface area contributed by atoms with Gasteiger partial charge in [-0.25, -0.2) is 0 Å². The Morgan fingerprint density at radius 3 is 2.67 bits per heavy atom. The van der Waals surface area contributed by atoms with E-state index in [1.54, 1.807) is 12.1 Å². The first-order chi connectivity index (χ1) is 6.77. The summed E-state index contributed by atoms with van der Waals surface area (Å²) in [5, 5.41) is 22.3. The third-order valence-corrected chi connectivity index (χ3v) is 2.70. The number of phenolic OH excluding ortho intramolecular Hbond substituents is 2. The lowest BCUT2D eigenvalue weighted by molar-refractivity contribution is 0.387. The fraction of sp³-hybridized carbons (Fsp3) is 0.455. The van der Waals surface area contributed by atoms with Crippen molar-refractivity contribution in [1.82, 2.24) is 5.32 Å². The zero-order chi connectivity index (χ0) is 9.97. The number of halogens is 1. The molecule has 0 aliphatic carbocycles. The maximum atomic E-state index is 9.64. The SMILES string of the molecule is Cl.Oc1ccc(O)c([C@@H]2CCCCN2)c1. The normalized spacial score (nSPS) is 20.7. The average Bonchev–Trinajstić information content (AvgIpc) is 2.23. The second-order valence-corrected chi connectivity index (χ2v) is 3.75. The highest BCUT2D eigenvalue weighted by molar-refractivity contribution is 5.85. The van der Waals surface area contributed by atoms with Gasteiger partial charge in [-0.15, -0.1) is 12.4 Å². The summed E-state index contributed by atoms with van der Waals surface area (Å²) < 4.78 is 0. The monoisotopic (exact) mass is 229 g/mol. The number of benzene rings is 1. The van der Waals surface area contributed by atoms with Crippen LogP contribution in [-0.2, 0) is 0 Å². The van der Waals surface area contributed by atoms with Crippen molar-refractivity contribution in [2.45, 2.75) is 25.3 Å². The molecular formula is C11H16ClNO2. The van der Waals surface area contributed by atoms with E-state index in [1.807, 2.05) is 0 Å². The van der Waals surface area contributed by atoms with Gasteiger partial charge < -0.3 is 15.5 Å². The highest BCUT2D eigenvalue weighted by atomic mass is 35.5. The van der Waals surface area contributed by atoms with Gasteiger partial charge in [0.1, 0.15) is 11.5 Å². The predicted molar refractivity (Wildman–Crippen MR) is 61.6 cm³/mol. The summed E-state index contributed by atoms with van der Waals surface area (Å²) in [6, 6.07) is 4.87. The molecule has 1 atom stereocenters. The minimum absolute atomic E-state index is 0. The van der Waals surface area contributed by atoms with Crippen LogP contribution in [0.5, 0.6) is 11.5 Å². The standard InChI is InChI=1S/C11H15NO2.ClH/c13-8-4-5-11(14)9(7-8)10-3-1-2-6-12-10;/h4-5,7,10,12-14H,1-3,6H2;1H/t10-;/m0./s1. The molecule has 0 radical (unpaired) electrons. The van der Waals surface area contributed by atoms with E-state index in [2.05, 4.69) is 5.32 Å². The van der Waals surface area contributed by atoms with Gasteiger partial charge >= 0.3 is 0 Å². The number of piperidine rings is 1. The second kappa shape index (κ2) is 5.24. The molecule has 1 aliphatic heterocycles. The number of hydrogen-bond donors (Lipinski definition) is 3. The molecule has 15 heavy (non-hydrogen) atoms. The van der Waals surface area contributed by atoms with E-state index in [1.165, 1.54) is 18.9 Å². The van der Waals surface area contributed by atoms with E-state index in [0.29, 0.717) is 0 Å². The highest BCUT2D eigenvalue weighted by Gasteiger charge is 2.17. The summed E-state index contributed by atoms with van der Waals surface area (Å²) in [5.41, 5.74) is 0.810. The number of hydrogen-bond acceptors (Lipinski definition) is 3. The zero-order valence-electron chi connectivity index (χ0n) is 8.44. The molecule has 0 spiro atoms. The summed E-state index contributed by atoms with van der Waals surface area (Å²) in [5.74, 6) is 0.479. The van der Waals surface area contributed by atoms with Crippen LogP contribution in [0.4, 0.5) is 0 Å². The Labute approximate surface area is 95.5 Å². The molecule has 0 saturated carbocycles. The molecular weight excluding hydrogens is 214 g/mol. The Balaban J connectivity index is 0.00000112. The van der Waals surface area contributed by atoms with Crippen molar-refractivity contribution in [3.05, 3.63) is 23.8 Å². The summed E-state index contributed by atoms with van der Waals surface area (Å²) in [7, 11) is 0. The van der Waals surface area contributed by atoms with Crippen LogP contribution in [0.25, 0.3) is 0 Å². The van der Waals surface area contributed by atoms with E-state index in [0.717, 1.165) is 18.5 Å². The minimum atomic E-state index is 0. The van der Waals surface area contributed by atoms with Crippen LogP contribution in [0.1, 0.15) is 30.9 Å². The molecule has 0 aromatic heterocycles. The molecule has 1 aromatic rings. The molecule has 0 amide bonds. The Morgan fingerprint density at radius 1 is 1.20 bits per heavy atom. The van der Waals surface area contributed by atoms with E-state index in [-0.39, 0.29) is 29.9 Å². The van der Waals surface area contributed by atoms with E-state index < -0.39 is 0 Å². The van der Waals surface area contributed by atoms with Gasteiger partial charge in [0.05, 0.1) is 0 Å². The van der Waals surface area contributed by atoms with Gasteiger partial charge in [0.25, 0.3) is 0 Å². The van der Waals surface area contributed by atoms with Gasteiger partial charge in [0, 0.05) is 11.6 Å². The molecule has 1 aromatic carbocycles. The lowest BCUT2D eigenvalue weighted by atomic mass is 9.97. The van der Waals surface area contributed by atoms with Gasteiger partial charge in [0.2, 0.25) is 0 Å². The number of phenols is 2. The quantitative estimate of drug-likeness (QED) is 0.648. The maximum Gasteiger partial charge on any atom is 0.120 e. The summed E-state index contributed by atoms with van der Waals surface area (Å²) in [4.78, 5) is 0. The summed E-state index contributed by atoms with van der Waals surface area (Å²) in [6.07, 6.45) is 3.39. The lowest BCUT2D eigenvalue weighted by Gasteiger charge is -2.24. The van der Waals surface area contributed by atoms with E-state index in [9.17, 15) is 10.2 Å². The second-order valence-electron chi connectivity index (χ2n) is 3.75. The Hall–Kier alpha value is -0.930. The van der Waals surface area contributed by atoms with Gasteiger partial charge in [-0.3, -0.25) is 0 Å². The van der Waals surface area contributed by atoms with Crippen molar-refractivity contribution in [3.63, 3.8) is 0 Å². The molecule has 0 bridgehead atoms. The van der Waals surface area contributed by atoms with Crippen LogP contribution in [0.2, 0.25) is 0 Å². The molecule has 1 saturated heterocycles. The maximum absolute atomic E-state index is 9.64. The van der Waals surface area contributed by atoms with Crippen LogP contribution < -0.4 is 5.32 Å². The first-order valence-corrected chi connectivity index (χ1v) is 5.02. The van der Waals surface area contributed by atoms with Gasteiger partial charge in [-0.1, -0.05) is 6.42 Å². The molecule has 4 heteroatoms. The Kier molecular flexibility index (Phi) is 4.24. The molecule has 3 N–H and O–H groups in total. The topological polar surface area (TPSA) is 52.5 Å². The van der Waals surface area contributed by atoms with Gasteiger partial charge in [-0.2, -0.15) is 0 Å².